The van der Waals surface area contributed by atoms with Crippen molar-refractivity contribution < 1.29 is 4.39 Å². The van der Waals surface area contributed by atoms with Crippen LogP contribution >= 0.6 is 47.4 Å². The van der Waals surface area contributed by atoms with Gasteiger partial charge in [0.1, 0.15) is 5.82 Å². The van der Waals surface area contributed by atoms with Crippen LogP contribution in [0, 0.1) is 9.39 Å². The Balaban J connectivity index is 0.00000180. The number of nitrogens with one attached hydrogen (secondary N) is 1. The average molecular weight is 433 g/mol. The van der Waals surface area contributed by atoms with Gasteiger partial charge >= 0.3 is 0 Å². The second-order valence-electron chi connectivity index (χ2n) is 4.49. The molecule has 1 aromatic rings. The molecule has 0 aromatic heterocycles. The molecule has 1 fully saturated rings. The van der Waals surface area contributed by atoms with Crippen molar-refractivity contribution in [3.05, 3.63) is 45.8 Å². The first-order valence-electron chi connectivity index (χ1n) is 6.23. The maximum absolute atomic E-state index is 14.0. The highest BCUT2D eigenvalue weighted by molar-refractivity contribution is 14.1. The van der Waals surface area contributed by atoms with Crippen LogP contribution in [0.3, 0.4) is 0 Å². The van der Waals surface area contributed by atoms with Crippen LogP contribution in [0.25, 0.3) is 0 Å². The van der Waals surface area contributed by atoms with Crippen LogP contribution in [0.5, 0.6) is 0 Å². The van der Waals surface area contributed by atoms with Crippen molar-refractivity contribution in [1.82, 2.24) is 10.2 Å². The van der Waals surface area contributed by atoms with Crippen LogP contribution in [0.15, 0.2) is 30.9 Å². The van der Waals surface area contributed by atoms with Crippen LogP contribution in [0.2, 0.25) is 0 Å². The lowest BCUT2D eigenvalue weighted by Crippen LogP contribution is -2.45. The van der Waals surface area contributed by atoms with Crippen molar-refractivity contribution in [2.24, 2.45) is 0 Å². The van der Waals surface area contributed by atoms with E-state index in [-0.39, 0.29) is 36.7 Å². The molecule has 0 bridgehead atoms. The van der Waals surface area contributed by atoms with Gasteiger partial charge < -0.3 is 5.32 Å². The molecule has 1 aliphatic rings. The topological polar surface area (TPSA) is 15.3 Å². The van der Waals surface area contributed by atoms with Crippen molar-refractivity contribution in [1.29, 1.82) is 0 Å². The molecule has 1 aliphatic heterocycles. The molecule has 0 saturated carbocycles. The van der Waals surface area contributed by atoms with E-state index in [2.05, 4.69) is 39.4 Å². The van der Waals surface area contributed by atoms with E-state index >= 15 is 0 Å². The first kappa shape index (κ1) is 20.1. The first-order valence-corrected chi connectivity index (χ1v) is 7.31. The summed E-state index contributed by atoms with van der Waals surface area (Å²) in [4.78, 5) is 2.34. The van der Waals surface area contributed by atoms with E-state index in [1.807, 2.05) is 18.2 Å². The van der Waals surface area contributed by atoms with Crippen molar-refractivity contribution in [2.75, 3.05) is 26.2 Å². The number of piperazine rings is 1. The van der Waals surface area contributed by atoms with Crippen LogP contribution in [-0.4, -0.2) is 31.1 Å². The zero-order valence-electron chi connectivity index (χ0n) is 11.1. The standard InChI is InChI=1S/C14H18FIN2.2ClH/c1-2-3-14(18-8-6-17-7-9-18)12-10-11(16)4-5-13(12)15;;/h2,4-5,10,14,17H,1,3,6-9H2;2*1H/t14-;;/m1../s1. The van der Waals surface area contributed by atoms with Crippen LogP contribution in [-0.2, 0) is 0 Å². The van der Waals surface area contributed by atoms with Crippen LogP contribution in [0.1, 0.15) is 18.0 Å². The number of benzene rings is 1. The van der Waals surface area contributed by atoms with Gasteiger partial charge in [-0.05, 0) is 47.2 Å². The predicted molar refractivity (Wildman–Crippen MR) is 95.6 cm³/mol. The minimum atomic E-state index is -0.110. The van der Waals surface area contributed by atoms with Gasteiger partial charge in [0.2, 0.25) is 0 Å². The lowest BCUT2D eigenvalue weighted by Gasteiger charge is -2.35. The summed E-state index contributed by atoms with van der Waals surface area (Å²) in [6.45, 7) is 7.67. The number of hydrogen-bond acceptors (Lipinski definition) is 2. The van der Waals surface area contributed by atoms with Gasteiger partial charge in [0.05, 0.1) is 0 Å². The molecule has 1 saturated heterocycles. The van der Waals surface area contributed by atoms with E-state index in [0.717, 1.165) is 41.7 Å². The van der Waals surface area contributed by atoms with E-state index in [4.69, 9.17) is 0 Å². The quantitative estimate of drug-likeness (QED) is 0.575. The van der Waals surface area contributed by atoms with Crippen molar-refractivity contribution in [3.63, 3.8) is 0 Å². The Kier molecular flexibility index (Phi) is 10.0. The summed E-state index contributed by atoms with van der Waals surface area (Å²) >= 11 is 2.23. The second-order valence-corrected chi connectivity index (χ2v) is 5.74. The van der Waals surface area contributed by atoms with E-state index < -0.39 is 0 Å². The van der Waals surface area contributed by atoms with Gasteiger partial charge in [-0.3, -0.25) is 4.90 Å². The summed E-state index contributed by atoms with van der Waals surface area (Å²) in [6, 6.07) is 5.43. The summed E-state index contributed by atoms with van der Waals surface area (Å²) in [7, 11) is 0. The number of nitrogens with zero attached hydrogens (tertiary/aromatic N) is 1. The van der Waals surface area contributed by atoms with Gasteiger partial charge in [-0.25, -0.2) is 4.39 Å². The summed E-state index contributed by atoms with van der Waals surface area (Å²) in [5, 5.41) is 3.33. The fourth-order valence-electron chi connectivity index (χ4n) is 2.39. The molecule has 114 valence electrons. The molecule has 1 atom stereocenters. The SMILES string of the molecule is C=CC[C@H](c1cc(I)ccc1F)N1CCNCC1.Cl.Cl. The molecular formula is C14H20Cl2FIN2. The maximum atomic E-state index is 14.0. The Labute approximate surface area is 146 Å². The zero-order valence-corrected chi connectivity index (χ0v) is 14.9. The van der Waals surface area contributed by atoms with E-state index in [1.54, 1.807) is 6.07 Å². The summed E-state index contributed by atoms with van der Waals surface area (Å²) < 4.78 is 15.1. The molecule has 0 spiro atoms. The molecule has 0 amide bonds. The minimum Gasteiger partial charge on any atom is -0.314 e. The van der Waals surface area contributed by atoms with Crippen LogP contribution in [0.4, 0.5) is 4.39 Å². The summed E-state index contributed by atoms with van der Waals surface area (Å²) in [5.41, 5.74) is 0.795. The Morgan fingerprint density at radius 2 is 2.00 bits per heavy atom. The van der Waals surface area contributed by atoms with Crippen molar-refractivity contribution in [2.45, 2.75) is 12.5 Å². The highest BCUT2D eigenvalue weighted by Crippen LogP contribution is 2.28. The molecule has 0 unspecified atom stereocenters. The molecule has 0 aliphatic carbocycles. The zero-order chi connectivity index (χ0) is 13.0. The molecule has 0 radical (unpaired) electrons. The maximum Gasteiger partial charge on any atom is 0.128 e. The third kappa shape index (κ3) is 5.15. The molecule has 1 aromatic carbocycles. The Hall–Kier alpha value is 0.120. The highest BCUT2D eigenvalue weighted by atomic mass is 127. The Morgan fingerprint density at radius 3 is 2.60 bits per heavy atom. The summed E-state index contributed by atoms with van der Waals surface area (Å²) in [5.74, 6) is -0.110. The second kappa shape index (κ2) is 9.95. The molecule has 1 heterocycles. The lowest BCUT2D eigenvalue weighted by atomic mass is 10.0. The highest BCUT2D eigenvalue weighted by Gasteiger charge is 2.23. The van der Waals surface area contributed by atoms with Gasteiger partial charge in [-0.15, -0.1) is 31.4 Å². The monoisotopic (exact) mass is 432 g/mol. The van der Waals surface area contributed by atoms with Gasteiger partial charge in [0.25, 0.3) is 0 Å². The molecule has 20 heavy (non-hydrogen) atoms. The minimum absolute atomic E-state index is 0. The third-order valence-electron chi connectivity index (χ3n) is 3.30. The number of hydrogen-bond donors (Lipinski definition) is 1. The Bertz CT molecular complexity index is 426. The van der Waals surface area contributed by atoms with Gasteiger partial charge in [-0.1, -0.05) is 6.08 Å². The molecular weight excluding hydrogens is 413 g/mol. The third-order valence-corrected chi connectivity index (χ3v) is 3.97. The fourth-order valence-corrected chi connectivity index (χ4v) is 2.91. The molecule has 2 rings (SSSR count). The van der Waals surface area contributed by atoms with Crippen molar-refractivity contribution in [3.8, 4) is 0 Å². The van der Waals surface area contributed by atoms with Gasteiger partial charge in [0, 0.05) is 41.4 Å². The number of rotatable bonds is 4. The van der Waals surface area contributed by atoms with E-state index in [0.29, 0.717) is 0 Å². The Morgan fingerprint density at radius 1 is 1.35 bits per heavy atom. The van der Waals surface area contributed by atoms with Gasteiger partial charge in [0.15, 0.2) is 0 Å². The van der Waals surface area contributed by atoms with E-state index in [9.17, 15) is 4.39 Å². The molecule has 2 nitrogen and oxygen atoms in total. The van der Waals surface area contributed by atoms with E-state index in [1.165, 1.54) is 0 Å². The molecule has 1 N–H and O–H groups in total. The van der Waals surface area contributed by atoms with Crippen molar-refractivity contribution >= 4 is 47.4 Å². The first-order chi connectivity index (χ1) is 8.72. The largest absolute Gasteiger partial charge is 0.314 e. The normalized spacial score (nSPS) is 16.7. The molecule has 6 heteroatoms. The number of halogens is 4. The smallest absolute Gasteiger partial charge is 0.128 e. The fraction of sp³-hybridized carbons (Fsp3) is 0.429. The predicted octanol–water partition coefficient (Wildman–Crippen LogP) is 3.80. The average Bonchev–Trinajstić information content (AvgIpc) is 2.40. The summed E-state index contributed by atoms with van der Waals surface area (Å²) in [6.07, 6.45) is 2.67. The van der Waals surface area contributed by atoms with Crippen LogP contribution < -0.4 is 5.32 Å². The lowest BCUT2D eigenvalue weighted by molar-refractivity contribution is 0.171. The van der Waals surface area contributed by atoms with Gasteiger partial charge in [-0.2, -0.15) is 0 Å².